The zero-order valence-corrected chi connectivity index (χ0v) is 10.7. The molecule has 1 saturated heterocycles. The molecule has 16 heavy (non-hydrogen) atoms. The maximum absolute atomic E-state index is 11.6. The molecule has 1 aliphatic rings. The summed E-state index contributed by atoms with van der Waals surface area (Å²) in [7, 11) is -3.06. The highest BCUT2D eigenvalue weighted by Gasteiger charge is 2.25. The minimum Gasteiger partial charge on any atom is -0.355 e. The molecule has 0 spiro atoms. The second kappa shape index (κ2) is 5.63. The SMILES string of the molecule is CC(C)C(=O)NCCN1CCCCS1(=O)=O. The minimum atomic E-state index is -3.06. The predicted molar refractivity (Wildman–Crippen MR) is 62.4 cm³/mol. The van der Waals surface area contributed by atoms with E-state index in [2.05, 4.69) is 5.32 Å². The summed E-state index contributed by atoms with van der Waals surface area (Å²) in [5, 5.41) is 2.72. The Morgan fingerprint density at radius 3 is 2.62 bits per heavy atom. The van der Waals surface area contributed by atoms with E-state index < -0.39 is 10.0 Å². The van der Waals surface area contributed by atoms with Gasteiger partial charge in [0.25, 0.3) is 0 Å². The third kappa shape index (κ3) is 3.75. The van der Waals surface area contributed by atoms with Crippen molar-refractivity contribution in [1.82, 2.24) is 9.62 Å². The second-order valence-electron chi connectivity index (χ2n) is 4.37. The lowest BCUT2D eigenvalue weighted by Crippen LogP contribution is -2.43. The average molecular weight is 248 g/mol. The van der Waals surface area contributed by atoms with E-state index in [1.165, 1.54) is 4.31 Å². The summed E-state index contributed by atoms with van der Waals surface area (Å²) in [6.07, 6.45) is 1.66. The highest BCUT2D eigenvalue weighted by Crippen LogP contribution is 2.12. The molecule has 1 heterocycles. The molecule has 0 aliphatic carbocycles. The van der Waals surface area contributed by atoms with E-state index in [1.807, 2.05) is 13.8 Å². The van der Waals surface area contributed by atoms with Crippen molar-refractivity contribution in [2.24, 2.45) is 5.92 Å². The van der Waals surface area contributed by atoms with E-state index in [9.17, 15) is 13.2 Å². The summed E-state index contributed by atoms with van der Waals surface area (Å²) < 4.78 is 24.7. The Balaban J connectivity index is 2.35. The van der Waals surface area contributed by atoms with Crippen LogP contribution in [0.5, 0.6) is 0 Å². The van der Waals surface area contributed by atoms with E-state index in [-0.39, 0.29) is 17.6 Å². The lowest BCUT2D eigenvalue weighted by molar-refractivity contribution is -0.123. The minimum absolute atomic E-state index is 0.0330. The molecule has 0 aromatic carbocycles. The Morgan fingerprint density at radius 1 is 1.38 bits per heavy atom. The van der Waals surface area contributed by atoms with Gasteiger partial charge in [-0.1, -0.05) is 13.8 Å². The smallest absolute Gasteiger partial charge is 0.222 e. The highest BCUT2D eigenvalue weighted by atomic mass is 32.2. The van der Waals surface area contributed by atoms with Crippen molar-refractivity contribution >= 4 is 15.9 Å². The number of carbonyl (C=O) groups is 1. The second-order valence-corrected chi connectivity index (χ2v) is 6.46. The number of hydrogen-bond donors (Lipinski definition) is 1. The molecule has 0 aromatic rings. The number of hydrogen-bond acceptors (Lipinski definition) is 3. The van der Waals surface area contributed by atoms with Gasteiger partial charge in [-0.2, -0.15) is 0 Å². The number of nitrogens with zero attached hydrogens (tertiary/aromatic N) is 1. The fraction of sp³-hybridized carbons (Fsp3) is 0.900. The van der Waals surface area contributed by atoms with Crippen molar-refractivity contribution < 1.29 is 13.2 Å². The Labute approximate surface area is 97.2 Å². The van der Waals surface area contributed by atoms with Crippen LogP contribution < -0.4 is 5.32 Å². The van der Waals surface area contributed by atoms with Crippen molar-refractivity contribution in [2.75, 3.05) is 25.4 Å². The van der Waals surface area contributed by atoms with E-state index in [4.69, 9.17) is 0 Å². The molecule has 1 rings (SSSR count). The zero-order valence-electron chi connectivity index (χ0n) is 9.90. The van der Waals surface area contributed by atoms with E-state index in [0.717, 1.165) is 12.8 Å². The molecule has 1 N–H and O–H groups in total. The van der Waals surface area contributed by atoms with Crippen molar-refractivity contribution in [1.29, 1.82) is 0 Å². The number of amides is 1. The van der Waals surface area contributed by atoms with Gasteiger partial charge in [-0.3, -0.25) is 4.79 Å². The van der Waals surface area contributed by atoms with Gasteiger partial charge in [0.2, 0.25) is 15.9 Å². The number of carbonyl (C=O) groups excluding carboxylic acids is 1. The summed E-state index contributed by atoms with van der Waals surface area (Å²) in [5.41, 5.74) is 0. The van der Waals surface area contributed by atoms with Crippen LogP contribution in [0.15, 0.2) is 0 Å². The number of nitrogens with one attached hydrogen (secondary N) is 1. The molecule has 0 atom stereocenters. The van der Waals surface area contributed by atoms with Gasteiger partial charge in [-0.25, -0.2) is 12.7 Å². The topological polar surface area (TPSA) is 66.5 Å². The lowest BCUT2D eigenvalue weighted by atomic mass is 10.2. The Kier molecular flexibility index (Phi) is 4.73. The molecule has 5 nitrogen and oxygen atoms in total. The molecule has 6 heteroatoms. The van der Waals surface area contributed by atoms with Crippen LogP contribution in [0.2, 0.25) is 0 Å². The van der Waals surface area contributed by atoms with Gasteiger partial charge in [-0.05, 0) is 12.8 Å². The van der Waals surface area contributed by atoms with E-state index in [0.29, 0.717) is 19.6 Å². The Bertz CT molecular complexity index is 338. The standard InChI is InChI=1S/C10H20N2O3S/c1-9(2)10(13)11-5-7-12-6-3-4-8-16(12,14)15/h9H,3-8H2,1-2H3,(H,11,13). The zero-order chi connectivity index (χ0) is 12.2. The Morgan fingerprint density at radius 2 is 2.06 bits per heavy atom. The summed E-state index contributed by atoms with van der Waals surface area (Å²) in [6.45, 7) is 5.00. The average Bonchev–Trinajstić information content (AvgIpc) is 2.19. The summed E-state index contributed by atoms with van der Waals surface area (Å²) >= 11 is 0. The first-order valence-corrected chi connectivity index (χ1v) is 7.30. The lowest BCUT2D eigenvalue weighted by Gasteiger charge is -2.26. The molecule has 94 valence electrons. The van der Waals surface area contributed by atoms with Crippen molar-refractivity contribution in [3.8, 4) is 0 Å². The van der Waals surface area contributed by atoms with Crippen LogP contribution in [-0.4, -0.2) is 44.0 Å². The van der Waals surface area contributed by atoms with Gasteiger partial charge in [0.15, 0.2) is 0 Å². The van der Waals surface area contributed by atoms with Crippen LogP contribution in [0, 0.1) is 5.92 Å². The fourth-order valence-corrected chi connectivity index (χ4v) is 3.20. The van der Waals surface area contributed by atoms with Gasteiger partial charge in [0, 0.05) is 25.6 Å². The van der Waals surface area contributed by atoms with Gasteiger partial charge in [0.1, 0.15) is 0 Å². The number of sulfonamides is 1. The summed E-state index contributed by atoms with van der Waals surface area (Å²) in [4.78, 5) is 11.3. The van der Waals surface area contributed by atoms with Gasteiger partial charge >= 0.3 is 0 Å². The molecule has 1 fully saturated rings. The summed E-state index contributed by atoms with van der Waals surface area (Å²) in [6, 6.07) is 0. The predicted octanol–water partition coefficient (Wildman–Crippen LogP) is 0.184. The molecular weight excluding hydrogens is 228 g/mol. The molecule has 0 saturated carbocycles. The van der Waals surface area contributed by atoms with Crippen molar-refractivity contribution in [3.63, 3.8) is 0 Å². The molecule has 1 aliphatic heterocycles. The van der Waals surface area contributed by atoms with E-state index in [1.54, 1.807) is 0 Å². The van der Waals surface area contributed by atoms with E-state index >= 15 is 0 Å². The fourth-order valence-electron chi connectivity index (χ4n) is 1.60. The normalized spacial score (nSPS) is 20.9. The van der Waals surface area contributed by atoms with Crippen LogP contribution in [-0.2, 0) is 14.8 Å². The van der Waals surface area contributed by atoms with Crippen LogP contribution >= 0.6 is 0 Å². The van der Waals surface area contributed by atoms with Crippen LogP contribution in [0.3, 0.4) is 0 Å². The molecule has 0 unspecified atom stereocenters. The monoisotopic (exact) mass is 248 g/mol. The largest absolute Gasteiger partial charge is 0.355 e. The highest BCUT2D eigenvalue weighted by molar-refractivity contribution is 7.89. The van der Waals surface area contributed by atoms with Crippen molar-refractivity contribution in [3.05, 3.63) is 0 Å². The molecule has 1 amide bonds. The van der Waals surface area contributed by atoms with Crippen LogP contribution in [0.4, 0.5) is 0 Å². The molecule has 0 radical (unpaired) electrons. The maximum atomic E-state index is 11.6. The first kappa shape index (κ1) is 13.4. The number of rotatable bonds is 4. The van der Waals surface area contributed by atoms with Crippen molar-refractivity contribution in [2.45, 2.75) is 26.7 Å². The van der Waals surface area contributed by atoms with Crippen LogP contribution in [0.25, 0.3) is 0 Å². The third-order valence-corrected chi connectivity index (χ3v) is 4.59. The Hall–Kier alpha value is -0.620. The van der Waals surface area contributed by atoms with Gasteiger partial charge in [-0.15, -0.1) is 0 Å². The van der Waals surface area contributed by atoms with Gasteiger partial charge < -0.3 is 5.32 Å². The molecular formula is C10H20N2O3S. The molecule has 0 bridgehead atoms. The quantitative estimate of drug-likeness (QED) is 0.772. The van der Waals surface area contributed by atoms with Crippen LogP contribution in [0.1, 0.15) is 26.7 Å². The molecule has 0 aromatic heterocycles. The first-order valence-electron chi connectivity index (χ1n) is 5.69. The first-order chi connectivity index (χ1) is 7.43. The third-order valence-electron chi connectivity index (χ3n) is 2.64. The van der Waals surface area contributed by atoms with Gasteiger partial charge in [0.05, 0.1) is 5.75 Å². The maximum Gasteiger partial charge on any atom is 0.222 e. The summed E-state index contributed by atoms with van der Waals surface area (Å²) in [5.74, 6) is 0.151.